The van der Waals surface area contributed by atoms with Crippen LogP contribution in [0.1, 0.15) is 67.2 Å². The molecule has 0 spiro atoms. The lowest BCUT2D eigenvalue weighted by Gasteiger charge is -2.29. The van der Waals surface area contributed by atoms with Gasteiger partial charge in [-0.3, -0.25) is 38.4 Å². The maximum atomic E-state index is 13.4. The van der Waals surface area contributed by atoms with Crippen LogP contribution in [-0.2, 0) is 43.2 Å². The second-order valence-electron chi connectivity index (χ2n) is 11.4. The molecule has 0 rings (SSSR count). The molecule has 0 aliphatic heterocycles. The average molecular weight is 691 g/mol. The number of hydrogen-bond donors (Lipinski definition) is 10. The van der Waals surface area contributed by atoms with E-state index in [0.717, 1.165) is 6.92 Å². The second-order valence-corrected chi connectivity index (χ2v) is 11.7. The number of carboxylic acid groups (broad SMARTS) is 3. The van der Waals surface area contributed by atoms with Crippen molar-refractivity contribution >= 4 is 66.0 Å². The second kappa shape index (κ2) is 20.7. The van der Waals surface area contributed by atoms with Crippen molar-refractivity contribution in [1.82, 2.24) is 31.9 Å². The molecular weight excluding hydrogens is 644 g/mol. The highest BCUT2D eigenvalue weighted by molar-refractivity contribution is 7.80. The highest BCUT2D eigenvalue weighted by atomic mass is 32.1. The Morgan fingerprint density at radius 3 is 1.40 bits per heavy atom. The molecule has 0 radical (unpaired) electrons. The first-order chi connectivity index (χ1) is 21.7. The zero-order valence-corrected chi connectivity index (χ0v) is 28.0. The van der Waals surface area contributed by atoms with E-state index in [0.29, 0.717) is 0 Å². The van der Waals surface area contributed by atoms with E-state index in [4.69, 9.17) is 5.11 Å². The van der Waals surface area contributed by atoms with E-state index in [1.54, 1.807) is 34.6 Å². The molecule has 0 bridgehead atoms. The number of carbonyl (C=O) groups is 9. The highest BCUT2D eigenvalue weighted by Crippen LogP contribution is 2.09. The molecular formula is C28H46N6O12S. The minimum Gasteiger partial charge on any atom is -0.481 e. The third-order valence-corrected chi connectivity index (χ3v) is 7.05. The Kier molecular flexibility index (Phi) is 18.7. The summed E-state index contributed by atoms with van der Waals surface area (Å²) in [5, 5.41) is 41.6. The van der Waals surface area contributed by atoms with Crippen LogP contribution in [0.5, 0.6) is 0 Å². The maximum absolute atomic E-state index is 13.4. The Hall–Kier alpha value is -4.42. The minimum atomic E-state index is -1.74. The van der Waals surface area contributed by atoms with Crippen LogP contribution in [0.4, 0.5) is 0 Å². The first-order valence-electron chi connectivity index (χ1n) is 14.8. The Balaban J connectivity index is 5.91. The summed E-state index contributed by atoms with van der Waals surface area (Å²) in [6.45, 7) is 8.96. The quantitative estimate of drug-likeness (QED) is 0.0585. The third-order valence-electron chi connectivity index (χ3n) is 6.68. The number of amides is 6. The van der Waals surface area contributed by atoms with Gasteiger partial charge in [-0.25, -0.2) is 4.79 Å². The summed E-state index contributed by atoms with van der Waals surface area (Å²) in [6, 6.07) is -8.17. The molecule has 6 amide bonds. The van der Waals surface area contributed by atoms with Crippen LogP contribution in [0.25, 0.3) is 0 Å². The van der Waals surface area contributed by atoms with Crippen molar-refractivity contribution < 1.29 is 58.5 Å². The smallest absolute Gasteiger partial charge is 0.327 e. The summed E-state index contributed by atoms with van der Waals surface area (Å²) in [4.78, 5) is 110. The summed E-state index contributed by atoms with van der Waals surface area (Å²) < 4.78 is 0. The van der Waals surface area contributed by atoms with Crippen LogP contribution in [0, 0.1) is 11.8 Å². The first-order valence-corrected chi connectivity index (χ1v) is 15.4. The normalized spacial score (nSPS) is 14.7. The molecule has 266 valence electrons. The minimum absolute atomic E-state index is 0.0791. The van der Waals surface area contributed by atoms with Crippen LogP contribution in [0.15, 0.2) is 0 Å². The molecule has 0 aliphatic carbocycles. The Labute approximate surface area is 277 Å². The zero-order chi connectivity index (χ0) is 36.6. The Morgan fingerprint density at radius 1 is 0.574 bits per heavy atom. The van der Waals surface area contributed by atoms with Crippen LogP contribution in [0.2, 0.25) is 0 Å². The molecule has 6 unspecified atom stereocenters. The number of aliphatic carboxylic acids is 3. The van der Waals surface area contributed by atoms with Gasteiger partial charge in [-0.15, -0.1) is 0 Å². The van der Waals surface area contributed by atoms with Gasteiger partial charge in [0.05, 0.1) is 6.42 Å². The van der Waals surface area contributed by atoms with Crippen LogP contribution in [0.3, 0.4) is 0 Å². The molecule has 0 heterocycles. The lowest BCUT2D eigenvalue weighted by atomic mass is 9.98. The van der Waals surface area contributed by atoms with Gasteiger partial charge in [0.25, 0.3) is 0 Å². The third kappa shape index (κ3) is 15.6. The molecule has 0 fully saturated rings. The monoisotopic (exact) mass is 690 g/mol. The van der Waals surface area contributed by atoms with E-state index in [2.05, 4.69) is 44.5 Å². The molecule has 0 aromatic carbocycles. The fourth-order valence-corrected chi connectivity index (χ4v) is 4.32. The maximum Gasteiger partial charge on any atom is 0.327 e. The predicted octanol–water partition coefficient (Wildman–Crippen LogP) is -2.01. The number of carbonyl (C=O) groups excluding carboxylic acids is 6. The predicted molar refractivity (Wildman–Crippen MR) is 168 cm³/mol. The molecule has 0 aliphatic rings. The van der Waals surface area contributed by atoms with Gasteiger partial charge in [0.1, 0.15) is 36.3 Å². The lowest BCUT2D eigenvalue weighted by Crippen LogP contribution is -2.61. The van der Waals surface area contributed by atoms with Crippen LogP contribution >= 0.6 is 12.6 Å². The Bertz CT molecular complexity index is 1180. The van der Waals surface area contributed by atoms with Crippen molar-refractivity contribution in [2.24, 2.45) is 11.8 Å². The Morgan fingerprint density at radius 2 is 1.00 bits per heavy atom. The van der Waals surface area contributed by atoms with Crippen molar-refractivity contribution in [2.45, 2.75) is 103 Å². The highest BCUT2D eigenvalue weighted by Gasteiger charge is 2.35. The van der Waals surface area contributed by atoms with Gasteiger partial charge in [-0.05, 0) is 24.7 Å². The lowest BCUT2D eigenvalue weighted by molar-refractivity contribution is -0.142. The van der Waals surface area contributed by atoms with Crippen molar-refractivity contribution in [1.29, 1.82) is 0 Å². The van der Waals surface area contributed by atoms with Gasteiger partial charge >= 0.3 is 17.9 Å². The van der Waals surface area contributed by atoms with Crippen molar-refractivity contribution in [3.05, 3.63) is 0 Å². The van der Waals surface area contributed by atoms with E-state index in [1.807, 2.05) is 0 Å². The summed E-state index contributed by atoms with van der Waals surface area (Å²) in [5.41, 5.74) is 0. The van der Waals surface area contributed by atoms with Crippen LogP contribution in [-0.4, -0.2) is 111 Å². The van der Waals surface area contributed by atoms with Gasteiger partial charge in [0, 0.05) is 19.1 Å². The summed E-state index contributed by atoms with van der Waals surface area (Å²) in [5.74, 6) is -10.6. The van der Waals surface area contributed by atoms with Crippen LogP contribution < -0.4 is 31.9 Å². The van der Waals surface area contributed by atoms with Gasteiger partial charge < -0.3 is 47.2 Å². The SMILES string of the molecule is CCC(NC(=O)C(NC(=O)C(NC(=O)C(CC(=O)O)NC(=O)C(CCC(=O)O)NC(C)=O)C(C)C)C(C)C)C(=O)NC(CS)C(=O)O. The van der Waals surface area contributed by atoms with Gasteiger partial charge in [-0.2, -0.15) is 12.6 Å². The number of thiol groups is 1. The first kappa shape index (κ1) is 42.6. The van der Waals surface area contributed by atoms with Crippen molar-refractivity contribution in [3.8, 4) is 0 Å². The van der Waals surface area contributed by atoms with Gasteiger partial charge in [-0.1, -0.05) is 34.6 Å². The fourth-order valence-electron chi connectivity index (χ4n) is 4.08. The molecule has 0 aromatic heterocycles. The van der Waals surface area contributed by atoms with E-state index < -0.39 is 114 Å². The summed E-state index contributed by atoms with van der Waals surface area (Å²) in [7, 11) is 0. The molecule has 19 heteroatoms. The molecule has 0 saturated carbocycles. The molecule has 47 heavy (non-hydrogen) atoms. The molecule has 0 saturated heterocycles. The largest absolute Gasteiger partial charge is 0.481 e. The van der Waals surface area contributed by atoms with Gasteiger partial charge in [0.2, 0.25) is 35.4 Å². The van der Waals surface area contributed by atoms with E-state index in [1.165, 1.54) is 0 Å². The standard InChI is InChI=1S/C28H46N6O12S/c1-7-15(23(40)32-18(11-47)28(45)46)30-26(43)21(12(2)3)34-27(44)22(13(4)5)33-25(42)17(10-20(38)39)31-24(41)16(29-14(6)35)8-9-19(36)37/h12-13,15-18,21-22,47H,7-11H2,1-6H3,(H,29,35)(H,30,43)(H,31,41)(H,32,40)(H,33,42)(H,34,44)(H,36,37)(H,38,39)(H,45,46). The van der Waals surface area contributed by atoms with Gasteiger partial charge in [0.15, 0.2) is 0 Å². The fraction of sp³-hybridized carbons (Fsp3) is 0.679. The summed E-state index contributed by atoms with van der Waals surface area (Å²) >= 11 is 3.89. The molecule has 6 atom stereocenters. The average Bonchev–Trinajstić information content (AvgIpc) is 2.96. The molecule has 9 N–H and O–H groups in total. The number of carboxylic acids is 3. The summed E-state index contributed by atoms with van der Waals surface area (Å²) in [6.07, 6.45) is -1.72. The van der Waals surface area contributed by atoms with E-state index in [-0.39, 0.29) is 18.6 Å². The van der Waals surface area contributed by atoms with E-state index >= 15 is 0 Å². The molecule has 0 aromatic rings. The van der Waals surface area contributed by atoms with E-state index in [9.17, 15) is 53.4 Å². The topological polar surface area (TPSA) is 286 Å². The van der Waals surface area contributed by atoms with Crippen molar-refractivity contribution in [2.75, 3.05) is 5.75 Å². The number of nitrogens with one attached hydrogen (secondary N) is 6. The molecule has 18 nitrogen and oxygen atoms in total. The number of hydrogen-bond acceptors (Lipinski definition) is 10. The number of rotatable bonds is 21. The zero-order valence-electron chi connectivity index (χ0n) is 27.1. The van der Waals surface area contributed by atoms with Crippen molar-refractivity contribution in [3.63, 3.8) is 0 Å².